The Balaban J connectivity index is 2.20. The standard InChI is InChI=1S/C13H10ClFN2O2/c1-19-11-6-8(2-3-10(11)15)13(18)17-9-4-5-16-12(14)7-9/h2-7H,1H3,(H,16,17,18). The highest BCUT2D eigenvalue weighted by Gasteiger charge is 2.10. The molecule has 1 amide bonds. The lowest BCUT2D eigenvalue weighted by Gasteiger charge is -2.07. The lowest BCUT2D eigenvalue weighted by Crippen LogP contribution is -2.12. The molecule has 0 atom stereocenters. The van der Waals surface area contributed by atoms with E-state index < -0.39 is 5.82 Å². The monoisotopic (exact) mass is 280 g/mol. The van der Waals surface area contributed by atoms with Crippen molar-refractivity contribution < 1.29 is 13.9 Å². The molecule has 4 nitrogen and oxygen atoms in total. The summed E-state index contributed by atoms with van der Waals surface area (Å²) < 4.78 is 18.0. The maximum absolute atomic E-state index is 13.2. The third kappa shape index (κ3) is 3.20. The lowest BCUT2D eigenvalue weighted by molar-refractivity contribution is 0.102. The largest absolute Gasteiger partial charge is 0.494 e. The van der Waals surface area contributed by atoms with Gasteiger partial charge in [0.15, 0.2) is 11.6 Å². The van der Waals surface area contributed by atoms with Crippen molar-refractivity contribution in [3.05, 3.63) is 53.1 Å². The molecule has 0 spiro atoms. The minimum atomic E-state index is -0.522. The van der Waals surface area contributed by atoms with Crippen LogP contribution in [0.15, 0.2) is 36.5 Å². The Labute approximate surface area is 114 Å². The summed E-state index contributed by atoms with van der Waals surface area (Å²) in [6.07, 6.45) is 1.48. The molecule has 19 heavy (non-hydrogen) atoms. The number of ether oxygens (including phenoxy) is 1. The predicted octanol–water partition coefficient (Wildman–Crippen LogP) is 3.14. The number of hydrogen-bond donors (Lipinski definition) is 1. The number of nitrogens with zero attached hydrogens (tertiary/aromatic N) is 1. The Morgan fingerprint density at radius 1 is 1.37 bits per heavy atom. The molecule has 1 aromatic carbocycles. The fourth-order valence-corrected chi connectivity index (χ4v) is 1.66. The summed E-state index contributed by atoms with van der Waals surface area (Å²) in [6.45, 7) is 0. The van der Waals surface area contributed by atoms with E-state index in [0.29, 0.717) is 5.69 Å². The summed E-state index contributed by atoms with van der Waals surface area (Å²) in [7, 11) is 1.34. The van der Waals surface area contributed by atoms with Gasteiger partial charge in [-0.2, -0.15) is 0 Å². The molecule has 0 aliphatic rings. The number of nitrogens with one attached hydrogen (secondary N) is 1. The SMILES string of the molecule is COc1cc(C(=O)Nc2ccnc(Cl)c2)ccc1F. The van der Waals surface area contributed by atoms with E-state index in [1.807, 2.05) is 0 Å². The fourth-order valence-electron chi connectivity index (χ4n) is 1.48. The summed E-state index contributed by atoms with van der Waals surface area (Å²) in [5, 5.41) is 2.90. The number of carbonyl (C=O) groups is 1. The smallest absolute Gasteiger partial charge is 0.255 e. The molecular formula is C13H10ClFN2O2. The van der Waals surface area contributed by atoms with Crippen molar-refractivity contribution in [2.75, 3.05) is 12.4 Å². The summed E-state index contributed by atoms with van der Waals surface area (Å²) in [5.74, 6) is -0.896. The number of amides is 1. The maximum Gasteiger partial charge on any atom is 0.255 e. The zero-order valence-electron chi connectivity index (χ0n) is 9.98. The van der Waals surface area contributed by atoms with E-state index in [0.717, 1.165) is 0 Å². The van der Waals surface area contributed by atoms with Gasteiger partial charge in [0.05, 0.1) is 7.11 Å². The third-order valence-electron chi connectivity index (χ3n) is 2.40. The van der Waals surface area contributed by atoms with Crippen molar-refractivity contribution in [2.24, 2.45) is 0 Å². The van der Waals surface area contributed by atoms with E-state index in [4.69, 9.17) is 16.3 Å². The number of anilines is 1. The molecule has 0 fully saturated rings. The first-order valence-corrected chi connectivity index (χ1v) is 5.74. The van der Waals surface area contributed by atoms with Crippen LogP contribution in [0.5, 0.6) is 5.75 Å². The highest BCUT2D eigenvalue weighted by atomic mass is 35.5. The van der Waals surface area contributed by atoms with Gasteiger partial charge in [0.1, 0.15) is 5.15 Å². The van der Waals surface area contributed by atoms with Crippen molar-refractivity contribution >= 4 is 23.2 Å². The molecule has 1 aromatic heterocycles. The minimum Gasteiger partial charge on any atom is -0.494 e. The van der Waals surface area contributed by atoms with Gasteiger partial charge in [0.25, 0.3) is 5.91 Å². The summed E-state index contributed by atoms with van der Waals surface area (Å²) in [4.78, 5) is 15.8. The highest BCUT2D eigenvalue weighted by molar-refractivity contribution is 6.29. The summed E-state index contributed by atoms with van der Waals surface area (Å²) in [5.41, 5.74) is 0.791. The summed E-state index contributed by atoms with van der Waals surface area (Å²) in [6, 6.07) is 6.99. The second-order valence-corrected chi connectivity index (χ2v) is 4.06. The number of aromatic nitrogens is 1. The van der Waals surface area contributed by atoms with Crippen molar-refractivity contribution in [1.82, 2.24) is 4.98 Å². The predicted molar refractivity (Wildman–Crippen MR) is 70.2 cm³/mol. The normalized spacial score (nSPS) is 10.1. The van der Waals surface area contributed by atoms with E-state index in [2.05, 4.69) is 10.3 Å². The highest BCUT2D eigenvalue weighted by Crippen LogP contribution is 2.19. The molecule has 0 aliphatic heterocycles. The Hall–Kier alpha value is -2.14. The number of rotatable bonds is 3. The van der Waals surface area contributed by atoms with Crippen LogP contribution >= 0.6 is 11.6 Å². The van der Waals surface area contributed by atoms with E-state index in [9.17, 15) is 9.18 Å². The Kier molecular flexibility index (Phi) is 3.97. The van der Waals surface area contributed by atoms with Crippen LogP contribution in [0.4, 0.5) is 10.1 Å². The van der Waals surface area contributed by atoms with Crippen LogP contribution in [0.3, 0.4) is 0 Å². The number of hydrogen-bond acceptors (Lipinski definition) is 3. The Morgan fingerprint density at radius 2 is 2.16 bits per heavy atom. The topological polar surface area (TPSA) is 51.2 Å². The van der Waals surface area contributed by atoms with Gasteiger partial charge in [-0.25, -0.2) is 9.37 Å². The first kappa shape index (κ1) is 13.3. The van der Waals surface area contributed by atoms with Gasteiger partial charge in [-0.05, 0) is 30.3 Å². The van der Waals surface area contributed by atoms with Crippen LogP contribution in [0.25, 0.3) is 0 Å². The van der Waals surface area contributed by atoms with Gasteiger partial charge >= 0.3 is 0 Å². The van der Waals surface area contributed by atoms with Crippen molar-refractivity contribution in [3.63, 3.8) is 0 Å². The van der Waals surface area contributed by atoms with Gasteiger partial charge in [-0.15, -0.1) is 0 Å². The van der Waals surface area contributed by atoms with Crippen molar-refractivity contribution in [1.29, 1.82) is 0 Å². The molecule has 0 saturated carbocycles. The number of halogens is 2. The number of benzene rings is 1. The molecule has 2 rings (SSSR count). The van der Waals surface area contributed by atoms with Gasteiger partial charge in [0.2, 0.25) is 0 Å². The molecule has 0 aliphatic carbocycles. The van der Waals surface area contributed by atoms with Crippen molar-refractivity contribution in [3.8, 4) is 5.75 Å². The second-order valence-electron chi connectivity index (χ2n) is 3.67. The molecule has 0 saturated heterocycles. The number of carbonyl (C=O) groups excluding carboxylic acids is 1. The second kappa shape index (κ2) is 5.67. The van der Waals surface area contributed by atoms with Crippen molar-refractivity contribution in [2.45, 2.75) is 0 Å². The van der Waals surface area contributed by atoms with Gasteiger partial charge in [-0.1, -0.05) is 11.6 Å². The Bertz CT molecular complexity index is 619. The van der Waals surface area contributed by atoms with Crippen LogP contribution in [0.2, 0.25) is 5.15 Å². The molecule has 0 unspecified atom stereocenters. The molecule has 0 bridgehead atoms. The van der Waals surface area contributed by atoms with Gasteiger partial charge in [-0.3, -0.25) is 4.79 Å². The van der Waals surface area contributed by atoms with Crippen LogP contribution in [0, 0.1) is 5.82 Å². The molecule has 0 radical (unpaired) electrons. The molecule has 1 heterocycles. The molecule has 1 N–H and O–H groups in total. The van der Waals surface area contributed by atoms with Gasteiger partial charge in [0, 0.05) is 17.4 Å². The van der Waals surface area contributed by atoms with Crippen LogP contribution in [-0.4, -0.2) is 18.0 Å². The third-order valence-corrected chi connectivity index (χ3v) is 2.60. The first-order chi connectivity index (χ1) is 9.10. The quantitative estimate of drug-likeness (QED) is 0.879. The van der Waals surface area contributed by atoms with Crippen LogP contribution < -0.4 is 10.1 Å². The number of methoxy groups -OCH3 is 1. The maximum atomic E-state index is 13.2. The zero-order valence-corrected chi connectivity index (χ0v) is 10.7. The average molecular weight is 281 g/mol. The Morgan fingerprint density at radius 3 is 2.84 bits per heavy atom. The molecule has 2 aromatic rings. The molecule has 6 heteroatoms. The van der Waals surface area contributed by atoms with E-state index in [1.165, 1.54) is 37.6 Å². The van der Waals surface area contributed by atoms with E-state index >= 15 is 0 Å². The van der Waals surface area contributed by atoms with Crippen LogP contribution in [0.1, 0.15) is 10.4 Å². The van der Waals surface area contributed by atoms with Crippen LogP contribution in [-0.2, 0) is 0 Å². The number of pyridine rings is 1. The first-order valence-electron chi connectivity index (χ1n) is 5.36. The van der Waals surface area contributed by atoms with Gasteiger partial charge < -0.3 is 10.1 Å². The summed E-state index contributed by atoms with van der Waals surface area (Å²) >= 11 is 5.71. The van der Waals surface area contributed by atoms with E-state index in [-0.39, 0.29) is 22.4 Å². The minimum absolute atomic E-state index is 0.0143. The molecule has 98 valence electrons. The molecular weight excluding hydrogens is 271 g/mol. The van der Waals surface area contributed by atoms with E-state index in [1.54, 1.807) is 6.07 Å². The fraction of sp³-hybridized carbons (Fsp3) is 0.0769. The average Bonchev–Trinajstić information content (AvgIpc) is 2.39. The zero-order chi connectivity index (χ0) is 13.8. The lowest BCUT2D eigenvalue weighted by atomic mass is 10.2.